The molecule has 0 saturated carbocycles. The number of hydrogen-bond acceptors (Lipinski definition) is 2. The largest absolute Gasteiger partial charge is 0.373 e. The molecular weight excluding hydrogens is 287 g/mol. The van der Waals surface area contributed by atoms with E-state index in [2.05, 4.69) is 59.7 Å². The molecule has 2 nitrogen and oxygen atoms in total. The molecule has 0 radical (unpaired) electrons. The number of nitrogens with zero attached hydrogens (tertiary/aromatic N) is 1. The minimum atomic E-state index is 0.206. The molecule has 1 atom stereocenters. The molecule has 2 rings (SSSR count). The van der Waals surface area contributed by atoms with E-state index >= 15 is 0 Å². The van der Waals surface area contributed by atoms with Gasteiger partial charge in [0.15, 0.2) is 0 Å². The highest BCUT2D eigenvalue weighted by Gasteiger charge is 2.36. The third kappa shape index (κ3) is 1.42. The second-order valence-electron chi connectivity index (χ2n) is 4.07. The van der Waals surface area contributed by atoms with Crippen LogP contribution in [0.15, 0.2) is 18.2 Å². The summed E-state index contributed by atoms with van der Waals surface area (Å²) in [7, 11) is 2.14. The Balaban J connectivity index is 2.63. The summed E-state index contributed by atoms with van der Waals surface area (Å²) in [6.45, 7) is 3.98. The van der Waals surface area contributed by atoms with E-state index in [9.17, 15) is 0 Å². The summed E-state index contributed by atoms with van der Waals surface area (Å²) in [6.07, 6.45) is 0. The Morgan fingerprint density at radius 1 is 1.57 bits per heavy atom. The molecule has 0 aromatic heterocycles. The molecule has 0 amide bonds. The molecule has 0 bridgehead atoms. The second kappa shape index (κ2) is 3.38. The van der Waals surface area contributed by atoms with Crippen molar-refractivity contribution >= 4 is 28.3 Å². The van der Waals surface area contributed by atoms with Crippen molar-refractivity contribution < 1.29 is 0 Å². The monoisotopic (exact) mass is 302 g/mol. The number of nitrogens with two attached hydrogens (primary N) is 1. The fourth-order valence-electron chi connectivity index (χ4n) is 2.29. The van der Waals surface area contributed by atoms with Gasteiger partial charge in [-0.05, 0) is 24.1 Å². The normalized spacial score (nSPS) is 25.3. The van der Waals surface area contributed by atoms with Crippen molar-refractivity contribution in [3.63, 3.8) is 0 Å². The van der Waals surface area contributed by atoms with Gasteiger partial charge in [0.05, 0.1) is 3.42 Å². The number of benzene rings is 1. The molecule has 1 heterocycles. The van der Waals surface area contributed by atoms with Crippen LogP contribution in [-0.4, -0.2) is 13.6 Å². The summed E-state index contributed by atoms with van der Waals surface area (Å²) in [5.74, 6) is 0. The lowest BCUT2D eigenvalue weighted by Crippen LogP contribution is -2.22. The number of alkyl halides is 1. The van der Waals surface area contributed by atoms with Crippen LogP contribution < -0.4 is 10.6 Å². The summed E-state index contributed by atoms with van der Waals surface area (Å²) in [5.41, 5.74) is 9.81. The molecule has 1 aromatic rings. The maximum atomic E-state index is 5.77. The van der Waals surface area contributed by atoms with Crippen LogP contribution in [0.5, 0.6) is 0 Å². The van der Waals surface area contributed by atoms with Crippen molar-refractivity contribution in [2.24, 2.45) is 5.73 Å². The van der Waals surface area contributed by atoms with Gasteiger partial charge in [-0.25, -0.2) is 0 Å². The van der Waals surface area contributed by atoms with Gasteiger partial charge in [-0.1, -0.05) is 34.7 Å². The quantitative estimate of drug-likeness (QED) is 0.637. The highest BCUT2D eigenvalue weighted by molar-refractivity contribution is 14.1. The van der Waals surface area contributed by atoms with Gasteiger partial charge in [0, 0.05) is 25.8 Å². The molecule has 3 heteroatoms. The molecule has 1 aliphatic heterocycles. The van der Waals surface area contributed by atoms with E-state index < -0.39 is 0 Å². The topological polar surface area (TPSA) is 29.3 Å². The fourth-order valence-corrected chi connectivity index (χ4v) is 3.42. The number of hydrogen-bond donors (Lipinski definition) is 1. The van der Waals surface area contributed by atoms with Crippen LogP contribution in [0.2, 0.25) is 0 Å². The molecule has 0 aliphatic carbocycles. The van der Waals surface area contributed by atoms with E-state index in [4.69, 9.17) is 5.73 Å². The zero-order valence-corrected chi connectivity index (χ0v) is 10.7. The Morgan fingerprint density at radius 2 is 2.29 bits per heavy atom. The van der Waals surface area contributed by atoms with Gasteiger partial charge in [0.1, 0.15) is 0 Å². The van der Waals surface area contributed by atoms with E-state index in [0.717, 1.165) is 6.54 Å². The van der Waals surface area contributed by atoms with Crippen LogP contribution in [-0.2, 0) is 9.97 Å². The van der Waals surface area contributed by atoms with Crippen LogP contribution in [0.25, 0.3) is 0 Å². The average Bonchev–Trinajstić information content (AvgIpc) is 2.38. The SMILES string of the molecule is CN1CC(C)(I)c2c(CN)cccc21. The molecule has 0 saturated heterocycles. The standard InChI is InChI=1S/C11H15IN2/c1-11(12)7-14(2)9-5-3-4-8(6-13)10(9)11/h3-5H,6-7,13H2,1-2H3. The van der Waals surface area contributed by atoms with E-state index in [1.165, 1.54) is 16.8 Å². The Morgan fingerprint density at radius 3 is 2.93 bits per heavy atom. The molecule has 2 N–H and O–H groups in total. The Hall–Kier alpha value is -0.290. The minimum Gasteiger partial charge on any atom is -0.373 e. The maximum Gasteiger partial charge on any atom is 0.0640 e. The van der Waals surface area contributed by atoms with Gasteiger partial charge in [0.25, 0.3) is 0 Å². The van der Waals surface area contributed by atoms with E-state index in [0.29, 0.717) is 6.54 Å². The van der Waals surface area contributed by atoms with E-state index in [1.807, 2.05) is 0 Å². The first-order chi connectivity index (χ1) is 6.56. The first-order valence-electron chi connectivity index (χ1n) is 4.79. The molecule has 0 fully saturated rings. The fraction of sp³-hybridized carbons (Fsp3) is 0.455. The molecule has 14 heavy (non-hydrogen) atoms. The van der Waals surface area contributed by atoms with Crippen molar-refractivity contribution in [3.05, 3.63) is 29.3 Å². The zero-order chi connectivity index (χ0) is 10.3. The lowest BCUT2D eigenvalue weighted by Gasteiger charge is -2.18. The van der Waals surface area contributed by atoms with Gasteiger partial charge in [0.2, 0.25) is 0 Å². The van der Waals surface area contributed by atoms with Crippen LogP contribution in [0.4, 0.5) is 5.69 Å². The van der Waals surface area contributed by atoms with Crippen LogP contribution in [0, 0.1) is 0 Å². The van der Waals surface area contributed by atoms with Crippen molar-refractivity contribution in [2.75, 3.05) is 18.5 Å². The highest BCUT2D eigenvalue weighted by Crippen LogP contribution is 2.46. The smallest absolute Gasteiger partial charge is 0.0640 e. The van der Waals surface area contributed by atoms with Crippen LogP contribution in [0.1, 0.15) is 18.1 Å². The lowest BCUT2D eigenvalue weighted by atomic mass is 9.97. The second-order valence-corrected chi connectivity index (χ2v) is 6.45. The van der Waals surface area contributed by atoms with Crippen molar-refractivity contribution in [1.29, 1.82) is 0 Å². The van der Waals surface area contributed by atoms with Crippen molar-refractivity contribution in [3.8, 4) is 0 Å². The molecule has 1 aromatic carbocycles. The van der Waals surface area contributed by atoms with Crippen molar-refractivity contribution in [1.82, 2.24) is 0 Å². The predicted octanol–water partition coefficient (Wildman–Crippen LogP) is 2.25. The Labute approximate surface area is 98.6 Å². The van der Waals surface area contributed by atoms with Gasteiger partial charge in [-0.15, -0.1) is 0 Å². The summed E-state index contributed by atoms with van der Waals surface area (Å²) in [4.78, 5) is 2.31. The molecule has 76 valence electrons. The Kier molecular flexibility index (Phi) is 2.47. The average molecular weight is 302 g/mol. The number of likely N-dealkylation sites (N-methyl/N-ethyl adjacent to an activating group) is 1. The van der Waals surface area contributed by atoms with E-state index in [1.54, 1.807) is 0 Å². The summed E-state index contributed by atoms with van der Waals surface area (Å²) < 4.78 is 0.206. The Bertz CT molecular complexity index is 360. The molecular formula is C11H15IN2. The number of rotatable bonds is 1. The molecule has 0 spiro atoms. The number of halogens is 1. The predicted molar refractivity (Wildman–Crippen MR) is 69.0 cm³/mol. The number of anilines is 1. The summed E-state index contributed by atoms with van der Waals surface area (Å²) in [6, 6.07) is 6.41. The third-order valence-electron chi connectivity index (χ3n) is 2.82. The summed E-state index contributed by atoms with van der Waals surface area (Å²) in [5, 5.41) is 0. The van der Waals surface area contributed by atoms with Crippen LogP contribution in [0.3, 0.4) is 0 Å². The third-order valence-corrected chi connectivity index (χ3v) is 3.70. The van der Waals surface area contributed by atoms with Crippen LogP contribution >= 0.6 is 22.6 Å². The first-order valence-corrected chi connectivity index (χ1v) is 5.86. The minimum absolute atomic E-state index is 0.206. The van der Waals surface area contributed by atoms with E-state index in [-0.39, 0.29) is 3.42 Å². The number of fused-ring (bicyclic) bond motifs is 1. The van der Waals surface area contributed by atoms with Gasteiger partial charge >= 0.3 is 0 Å². The maximum absolute atomic E-state index is 5.77. The van der Waals surface area contributed by atoms with Gasteiger partial charge < -0.3 is 10.6 Å². The highest BCUT2D eigenvalue weighted by atomic mass is 127. The van der Waals surface area contributed by atoms with Gasteiger partial charge in [-0.2, -0.15) is 0 Å². The van der Waals surface area contributed by atoms with Gasteiger partial charge in [-0.3, -0.25) is 0 Å². The van der Waals surface area contributed by atoms with Crippen molar-refractivity contribution in [2.45, 2.75) is 16.9 Å². The lowest BCUT2D eigenvalue weighted by molar-refractivity contribution is 0.756. The molecule has 1 aliphatic rings. The summed E-state index contributed by atoms with van der Waals surface area (Å²) >= 11 is 2.52. The first kappa shape index (κ1) is 10.2. The molecule has 1 unspecified atom stereocenters. The zero-order valence-electron chi connectivity index (χ0n) is 8.55.